The fourth-order valence-electron chi connectivity index (χ4n) is 4.34. The van der Waals surface area contributed by atoms with Crippen molar-refractivity contribution in [2.45, 2.75) is 135 Å². The van der Waals surface area contributed by atoms with E-state index in [4.69, 9.17) is 10.00 Å². The lowest BCUT2D eigenvalue weighted by atomic mass is 10.0. The Morgan fingerprint density at radius 3 is 1.73 bits per heavy atom. The lowest BCUT2D eigenvalue weighted by Crippen LogP contribution is -2.17. The van der Waals surface area contributed by atoms with Crippen molar-refractivity contribution in [3.63, 3.8) is 0 Å². The molecule has 4 heteroatoms. The highest BCUT2D eigenvalue weighted by atomic mass is 19.1. The summed E-state index contributed by atoms with van der Waals surface area (Å²) >= 11 is 0. The second-order valence-corrected chi connectivity index (χ2v) is 9.52. The van der Waals surface area contributed by atoms with E-state index < -0.39 is 5.82 Å². The Morgan fingerprint density at radius 1 is 0.788 bits per heavy atom. The second kappa shape index (κ2) is 21.1. The molecule has 0 aromatic heterocycles. The van der Waals surface area contributed by atoms with Crippen LogP contribution < -0.4 is 0 Å². The van der Waals surface area contributed by atoms with Crippen molar-refractivity contribution in [1.29, 1.82) is 5.26 Å². The number of hydrogen-bond donors (Lipinski definition) is 1. The zero-order valence-electron chi connectivity index (χ0n) is 21.1. The van der Waals surface area contributed by atoms with Gasteiger partial charge in [0.1, 0.15) is 5.82 Å². The first-order valence-corrected chi connectivity index (χ1v) is 13.6. The lowest BCUT2D eigenvalue weighted by Gasteiger charge is -2.15. The van der Waals surface area contributed by atoms with Gasteiger partial charge in [0.2, 0.25) is 0 Å². The predicted molar refractivity (Wildman–Crippen MR) is 136 cm³/mol. The molecule has 0 aliphatic rings. The molecule has 0 saturated carbocycles. The number of nitrogens with zero attached hydrogens (tertiary/aromatic N) is 1. The molecule has 1 rings (SSSR count). The van der Waals surface area contributed by atoms with E-state index in [9.17, 15) is 9.50 Å². The highest BCUT2D eigenvalue weighted by Gasteiger charge is 2.09. The molecule has 1 N–H and O–H groups in total. The number of rotatable bonds is 22. The Balaban J connectivity index is 1.91. The van der Waals surface area contributed by atoms with Crippen molar-refractivity contribution >= 4 is 0 Å². The normalized spacial score (nSPS) is 12.1. The zero-order chi connectivity index (χ0) is 24.0. The van der Waals surface area contributed by atoms with Crippen molar-refractivity contribution < 1.29 is 14.2 Å². The van der Waals surface area contributed by atoms with Crippen molar-refractivity contribution in [3.05, 3.63) is 35.1 Å². The van der Waals surface area contributed by atoms with E-state index in [0.29, 0.717) is 11.1 Å². The maximum Gasteiger partial charge on any atom is 0.124 e. The molecule has 0 saturated heterocycles. The summed E-state index contributed by atoms with van der Waals surface area (Å²) in [6.45, 7) is 2.47. The maximum atomic E-state index is 13.5. The smallest absolute Gasteiger partial charge is 0.124 e. The first-order chi connectivity index (χ1) is 16.2. The molecular formula is C29H48FNO2. The average Bonchev–Trinajstić information content (AvgIpc) is 2.82. The number of hydrogen-bond acceptors (Lipinski definition) is 3. The van der Waals surface area contributed by atoms with Crippen LogP contribution in [0.2, 0.25) is 0 Å². The van der Waals surface area contributed by atoms with Crippen molar-refractivity contribution in [2.75, 3.05) is 6.61 Å². The van der Waals surface area contributed by atoms with Gasteiger partial charge in [-0.15, -0.1) is 0 Å². The van der Waals surface area contributed by atoms with Crippen LogP contribution in [-0.2, 0) is 11.3 Å². The molecule has 1 aromatic carbocycles. The number of aliphatic hydroxyl groups excluding tert-OH is 1. The molecule has 1 atom stereocenters. The van der Waals surface area contributed by atoms with E-state index >= 15 is 0 Å². The summed E-state index contributed by atoms with van der Waals surface area (Å²) in [6.07, 6.45) is 23.5. The third-order valence-electron chi connectivity index (χ3n) is 6.41. The van der Waals surface area contributed by atoms with E-state index in [1.165, 1.54) is 108 Å². The summed E-state index contributed by atoms with van der Waals surface area (Å²) in [6, 6.07) is 6.18. The van der Waals surface area contributed by atoms with E-state index in [0.717, 1.165) is 19.3 Å². The molecule has 0 fully saturated rings. The van der Waals surface area contributed by atoms with Gasteiger partial charge >= 0.3 is 0 Å². The molecule has 188 valence electrons. The lowest BCUT2D eigenvalue weighted by molar-refractivity contribution is -0.00357. The van der Waals surface area contributed by atoms with Crippen LogP contribution in [0.5, 0.6) is 0 Å². The van der Waals surface area contributed by atoms with Gasteiger partial charge in [0.05, 0.1) is 31.0 Å². The van der Waals surface area contributed by atoms with E-state index in [-0.39, 0.29) is 19.3 Å². The minimum Gasteiger partial charge on any atom is -0.394 e. The van der Waals surface area contributed by atoms with E-state index in [1.807, 2.05) is 6.07 Å². The summed E-state index contributed by atoms with van der Waals surface area (Å²) in [5, 5.41) is 18.5. The molecule has 33 heavy (non-hydrogen) atoms. The van der Waals surface area contributed by atoms with Gasteiger partial charge in [0.25, 0.3) is 0 Å². The van der Waals surface area contributed by atoms with Crippen LogP contribution in [0, 0.1) is 17.1 Å². The summed E-state index contributed by atoms with van der Waals surface area (Å²) in [7, 11) is 0. The zero-order valence-corrected chi connectivity index (χ0v) is 21.1. The molecular weight excluding hydrogens is 413 g/mol. The summed E-state index contributed by atoms with van der Waals surface area (Å²) in [5.41, 5.74) is 0.926. The number of nitriles is 1. The van der Waals surface area contributed by atoms with Gasteiger partial charge in [-0.3, -0.25) is 0 Å². The fraction of sp³-hybridized carbons (Fsp3) is 0.759. The molecule has 0 bridgehead atoms. The van der Waals surface area contributed by atoms with Crippen molar-refractivity contribution in [3.8, 4) is 6.07 Å². The van der Waals surface area contributed by atoms with Crippen LogP contribution in [0.25, 0.3) is 0 Å². The number of halogens is 1. The number of benzene rings is 1. The highest BCUT2D eigenvalue weighted by molar-refractivity contribution is 5.33. The van der Waals surface area contributed by atoms with Gasteiger partial charge in [-0.05, 0) is 30.2 Å². The first-order valence-electron chi connectivity index (χ1n) is 13.6. The molecule has 0 radical (unpaired) electrons. The van der Waals surface area contributed by atoms with Gasteiger partial charge in [-0.1, -0.05) is 116 Å². The van der Waals surface area contributed by atoms with E-state index in [2.05, 4.69) is 6.92 Å². The highest BCUT2D eigenvalue weighted by Crippen LogP contribution is 2.16. The molecule has 0 amide bonds. The minimum absolute atomic E-state index is 0.0285. The SMILES string of the molecule is CCCCCCCCCCCCCCCCCCC[C@H](CO)OCc1cc(F)cc(C#N)c1. The predicted octanol–water partition coefficient (Wildman–Crippen LogP) is 8.62. The molecule has 0 heterocycles. The van der Waals surface area contributed by atoms with Gasteiger partial charge in [0, 0.05) is 0 Å². The Morgan fingerprint density at radius 2 is 1.27 bits per heavy atom. The number of aliphatic hydroxyl groups is 1. The molecule has 0 unspecified atom stereocenters. The number of unbranched alkanes of at least 4 members (excludes halogenated alkanes) is 16. The topological polar surface area (TPSA) is 53.2 Å². The second-order valence-electron chi connectivity index (χ2n) is 9.52. The van der Waals surface area contributed by atoms with E-state index in [1.54, 1.807) is 6.07 Å². The standard InChI is InChI=1S/C29H48FNO2/c1-2-3-4-5-6-7-8-9-10-11-12-13-14-15-16-17-18-19-29(24-32)33-25-27-20-26(23-31)21-28(30)22-27/h20-22,29,32H,2-19,24-25H2,1H3/t29-/m1/s1. The molecule has 1 aromatic rings. The van der Waals surface area contributed by atoms with Gasteiger partial charge in [0.15, 0.2) is 0 Å². The van der Waals surface area contributed by atoms with Crippen LogP contribution in [0.3, 0.4) is 0 Å². The molecule has 0 aliphatic carbocycles. The Kier molecular flexibility index (Phi) is 18.9. The molecule has 0 spiro atoms. The van der Waals surface area contributed by atoms with Crippen LogP contribution in [-0.4, -0.2) is 17.8 Å². The van der Waals surface area contributed by atoms with Crippen LogP contribution >= 0.6 is 0 Å². The van der Waals surface area contributed by atoms with Crippen molar-refractivity contribution in [2.24, 2.45) is 0 Å². The Bertz CT molecular complexity index is 629. The molecule has 3 nitrogen and oxygen atoms in total. The monoisotopic (exact) mass is 461 g/mol. The summed E-state index contributed by atoms with van der Waals surface area (Å²) in [4.78, 5) is 0. The minimum atomic E-state index is -0.429. The summed E-state index contributed by atoms with van der Waals surface area (Å²) < 4.78 is 19.2. The summed E-state index contributed by atoms with van der Waals surface area (Å²) in [5.74, 6) is -0.429. The average molecular weight is 462 g/mol. The third-order valence-corrected chi connectivity index (χ3v) is 6.41. The quantitative estimate of drug-likeness (QED) is 0.176. The van der Waals surface area contributed by atoms with Crippen LogP contribution in [0.15, 0.2) is 18.2 Å². The molecule has 0 aliphatic heterocycles. The van der Waals surface area contributed by atoms with Crippen molar-refractivity contribution in [1.82, 2.24) is 0 Å². The van der Waals surface area contributed by atoms with Gasteiger partial charge in [-0.25, -0.2) is 4.39 Å². The largest absolute Gasteiger partial charge is 0.394 e. The first kappa shape index (κ1) is 29.6. The Labute approximate surface area is 202 Å². The van der Waals surface area contributed by atoms with Gasteiger partial charge in [-0.2, -0.15) is 5.26 Å². The maximum absolute atomic E-state index is 13.5. The van der Waals surface area contributed by atoms with Gasteiger partial charge < -0.3 is 9.84 Å². The third kappa shape index (κ3) is 16.8. The van der Waals surface area contributed by atoms with Crippen LogP contribution in [0.1, 0.15) is 134 Å². The Hall–Kier alpha value is -1.44. The van der Waals surface area contributed by atoms with Crippen LogP contribution in [0.4, 0.5) is 4.39 Å². The fourth-order valence-corrected chi connectivity index (χ4v) is 4.34. The number of ether oxygens (including phenoxy) is 1.